The van der Waals surface area contributed by atoms with Crippen LogP contribution >= 0.6 is 23.1 Å². The lowest BCUT2D eigenvalue weighted by atomic mass is 9.95. The van der Waals surface area contributed by atoms with Crippen LogP contribution in [-0.2, 0) is 11.3 Å². The first-order valence-electron chi connectivity index (χ1n) is 8.00. The molecule has 0 aromatic carbocycles. The van der Waals surface area contributed by atoms with Gasteiger partial charge in [-0.25, -0.2) is 0 Å². The van der Waals surface area contributed by atoms with Gasteiger partial charge in [0.15, 0.2) is 4.34 Å². The molecule has 1 atom stereocenters. The van der Waals surface area contributed by atoms with Gasteiger partial charge in [-0.05, 0) is 25.8 Å². The standard InChI is InChI=1S/C15H21N5O2S2/c1-11-16-17-15(24-11)23-10-14(22)19-5-2-3-12(9-19)13-4-6-20(18-13)7-8-21/h4,6,12,21H,2-3,5,7-10H2,1H3/t12-/m0/s1. The van der Waals surface area contributed by atoms with Crippen molar-refractivity contribution in [1.29, 1.82) is 0 Å². The number of amides is 1. The monoisotopic (exact) mass is 367 g/mol. The Kier molecular flexibility index (Phi) is 5.85. The number of piperidine rings is 1. The summed E-state index contributed by atoms with van der Waals surface area (Å²) >= 11 is 2.97. The van der Waals surface area contributed by atoms with E-state index >= 15 is 0 Å². The van der Waals surface area contributed by atoms with Crippen LogP contribution in [0.25, 0.3) is 0 Å². The molecule has 0 spiro atoms. The van der Waals surface area contributed by atoms with Gasteiger partial charge in [0.1, 0.15) is 5.01 Å². The minimum Gasteiger partial charge on any atom is -0.394 e. The second-order valence-electron chi connectivity index (χ2n) is 5.78. The zero-order chi connectivity index (χ0) is 16.9. The van der Waals surface area contributed by atoms with Crippen molar-refractivity contribution in [3.63, 3.8) is 0 Å². The van der Waals surface area contributed by atoms with Gasteiger partial charge in [-0.3, -0.25) is 9.48 Å². The van der Waals surface area contributed by atoms with Crippen molar-refractivity contribution in [2.75, 3.05) is 25.4 Å². The van der Waals surface area contributed by atoms with Gasteiger partial charge in [0.05, 0.1) is 24.6 Å². The number of aryl methyl sites for hydroxylation is 1. The number of hydrogen-bond acceptors (Lipinski definition) is 7. The normalized spacial score (nSPS) is 18.1. The number of likely N-dealkylation sites (tertiary alicyclic amines) is 1. The van der Waals surface area contributed by atoms with Crippen LogP contribution in [0.4, 0.5) is 0 Å². The van der Waals surface area contributed by atoms with Gasteiger partial charge >= 0.3 is 0 Å². The molecule has 130 valence electrons. The molecule has 1 amide bonds. The van der Waals surface area contributed by atoms with Gasteiger partial charge in [-0.2, -0.15) is 5.10 Å². The average Bonchev–Trinajstić information content (AvgIpc) is 3.22. The fraction of sp³-hybridized carbons (Fsp3) is 0.600. The highest BCUT2D eigenvalue weighted by Crippen LogP contribution is 2.27. The minimum atomic E-state index is 0.0821. The third-order valence-corrected chi connectivity index (χ3v) is 5.97. The maximum Gasteiger partial charge on any atom is 0.233 e. The molecule has 0 bridgehead atoms. The maximum atomic E-state index is 12.5. The third-order valence-electron chi connectivity index (χ3n) is 4.01. The highest BCUT2D eigenvalue weighted by Gasteiger charge is 2.26. The summed E-state index contributed by atoms with van der Waals surface area (Å²) in [5, 5.41) is 22.4. The summed E-state index contributed by atoms with van der Waals surface area (Å²) in [6.45, 7) is 4.02. The van der Waals surface area contributed by atoms with Crippen molar-refractivity contribution in [2.24, 2.45) is 0 Å². The summed E-state index contributed by atoms with van der Waals surface area (Å²) in [5.74, 6) is 0.823. The summed E-state index contributed by atoms with van der Waals surface area (Å²) < 4.78 is 2.60. The molecule has 0 aliphatic carbocycles. The van der Waals surface area contributed by atoms with E-state index in [2.05, 4.69) is 15.3 Å². The Morgan fingerprint density at radius 1 is 1.50 bits per heavy atom. The number of aromatic nitrogens is 4. The van der Waals surface area contributed by atoms with Gasteiger partial charge in [-0.1, -0.05) is 23.1 Å². The van der Waals surface area contributed by atoms with Crippen LogP contribution in [0.5, 0.6) is 0 Å². The molecular weight excluding hydrogens is 346 g/mol. The van der Waals surface area contributed by atoms with Crippen molar-refractivity contribution in [1.82, 2.24) is 24.9 Å². The smallest absolute Gasteiger partial charge is 0.233 e. The van der Waals surface area contributed by atoms with E-state index in [-0.39, 0.29) is 18.4 Å². The Balaban J connectivity index is 1.54. The number of hydrogen-bond donors (Lipinski definition) is 1. The van der Waals surface area contributed by atoms with Crippen LogP contribution in [0, 0.1) is 6.92 Å². The number of carbonyl (C=O) groups excluding carboxylic acids is 1. The second kappa shape index (κ2) is 8.09. The summed E-state index contributed by atoms with van der Waals surface area (Å²) in [5.41, 5.74) is 1.01. The van der Waals surface area contributed by atoms with E-state index in [1.807, 2.05) is 24.1 Å². The largest absolute Gasteiger partial charge is 0.394 e. The molecule has 9 heteroatoms. The van der Waals surface area contributed by atoms with Crippen LogP contribution in [-0.4, -0.2) is 61.3 Å². The molecule has 3 rings (SSSR count). The number of aliphatic hydroxyl groups excluding tert-OH is 1. The lowest BCUT2D eigenvalue weighted by Crippen LogP contribution is -2.40. The van der Waals surface area contributed by atoms with Crippen molar-refractivity contribution in [3.8, 4) is 0 Å². The predicted molar refractivity (Wildman–Crippen MR) is 93.2 cm³/mol. The molecule has 1 N–H and O–H groups in total. The zero-order valence-electron chi connectivity index (χ0n) is 13.6. The van der Waals surface area contributed by atoms with Crippen molar-refractivity contribution in [3.05, 3.63) is 23.0 Å². The quantitative estimate of drug-likeness (QED) is 0.780. The van der Waals surface area contributed by atoms with Crippen LogP contribution in [0.3, 0.4) is 0 Å². The topological polar surface area (TPSA) is 84.1 Å². The Morgan fingerprint density at radius 3 is 3.12 bits per heavy atom. The van der Waals surface area contributed by atoms with E-state index in [9.17, 15) is 4.79 Å². The maximum absolute atomic E-state index is 12.5. The van der Waals surface area contributed by atoms with E-state index in [4.69, 9.17) is 5.11 Å². The second-order valence-corrected chi connectivity index (χ2v) is 8.19. The van der Waals surface area contributed by atoms with E-state index in [0.717, 1.165) is 34.4 Å². The van der Waals surface area contributed by atoms with E-state index in [0.29, 0.717) is 18.8 Å². The van der Waals surface area contributed by atoms with E-state index < -0.39 is 0 Å². The van der Waals surface area contributed by atoms with E-state index in [1.165, 1.54) is 23.1 Å². The Morgan fingerprint density at radius 2 is 2.38 bits per heavy atom. The number of aliphatic hydroxyl groups is 1. The lowest BCUT2D eigenvalue weighted by molar-refractivity contribution is -0.129. The van der Waals surface area contributed by atoms with E-state index in [1.54, 1.807) is 4.68 Å². The van der Waals surface area contributed by atoms with Crippen molar-refractivity contribution in [2.45, 2.75) is 36.6 Å². The Labute approximate surface area is 149 Å². The van der Waals surface area contributed by atoms with Gasteiger partial charge in [0.2, 0.25) is 5.91 Å². The molecule has 1 fully saturated rings. The summed E-state index contributed by atoms with van der Waals surface area (Å²) in [6.07, 6.45) is 3.93. The molecule has 1 saturated heterocycles. The molecular formula is C15H21N5O2S2. The van der Waals surface area contributed by atoms with Crippen molar-refractivity contribution >= 4 is 29.0 Å². The highest BCUT2D eigenvalue weighted by molar-refractivity contribution is 8.01. The highest BCUT2D eigenvalue weighted by atomic mass is 32.2. The third kappa shape index (κ3) is 4.34. The zero-order valence-corrected chi connectivity index (χ0v) is 15.2. The molecule has 0 radical (unpaired) electrons. The molecule has 1 aliphatic heterocycles. The van der Waals surface area contributed by atoms with Crippen LogP contribution in [0.2, 0.25) is 0 Å². The minimum absolute atomic E-state index is 0.0821. The molecule has 0 saturated carbocycles. The molecule has 2 aromatic heterocycles. The van der Waals surface area contributed by atoms with Gasteiger partial charge in [0, 0.05) is 25.2 Å². The van der Waals surface area contributed by atoms with Gasteiger partial charge < -0.3 is 10.0 Å². The Bertz CT molecular complexity index is 687. The number of carbonyl (C=O) groups is 1. The first kappa shape index (κ1) is 17.4. The lowest BCUT2D eigenvalue weighted by Gasteiger charge is -2.32. The summed E-state index contributed by atoms with van der Waals surface area (Å²) in [6, 6.07) is 1.99. The SMILES string of the molecule is Cc1nnc(SCC(=O)N2CCC[C@H](c3ccn(CCO)n3)C2)s1. The van der Waals surface area contributed by atoms with Gasteiger partial charge in [0.25, 0.3) is 0 Å². The molecule has 7 nitrogen and oxygen atoms in total. The van der Waals surface area contributed by atoms with Crippen molar-refractivity contribution < 1.29 is 9.90 Å². The molecule has 0 unspecified atom stereocenters. The molecule has 3 heterocycles. The number of nitrogens with zero attached hydrogens (tertiary/aromatic N) is 5. The molecule has 2 aromatic rings. The fourth-order valence-electron chi connectivity index (χ4n) is 2.82. The van der Waals surface area contributed by atoms with Crippen LogP contribution < -0.4 is 0 Å². The Hall–Kier alpha value is -1.45. The molecule has 1 aliphatic rings. The summed E-state index contributed by atoms with van der Waals surface area (Å²) in [7, 11) is 0. The number of rotatable bonds is 6. The number of thioether (sulfide) groups is 1. The predicted octanol–water partition coefficient (Wildman–Crippen LogP) is 1.53. The average molecular weight is 368 g/mol. The first-order valence-corrected chi connectivity index (χ1v) is 9.81. The first-order chi connectivity index (χ1) is 11.7. The van der Waals surface area contributed by atoms with Gasteiger partial charge in [-0.15, -0.1) is 10.2 Å². The van der Waals surface area contributed by atoms with Crippen LogP contribution in [0.15, 0.2) is 16.6 Å². The summed E-state index contributed by atoms with van der Waals surface area (Å²) in [4.78, 5) is 14.4. The fourth-order valence-corrected chi connectivity index (χ4v) is 4.54. The van der Waals surface area contributed by atoms with Crippen LogP contribution in [0.1, 0.15) is 29.5 Å². The molecule has 24 heavy (non-hydrogen) atoms.